The lowest BCUT2D eigenvalue weighted by atomic mass is 9.85. The fraction of sp³-hybridized carbons (Fsp3) is 0.857. The number of nitrogens with one attached hydrogen (secondary N) is 1. The average molecular weight is 257 g/mol. The van der Waals surface area contributed by atoms with Crippen LogP contribution < -0.4 is 5.32 Å². The van der Waals surface area contributed by atoms with Gasteiger partial charge in [-0.25, -0.2) is 0 Å². The summed E-state index contributed by atoms with van der Waals surface area (Å²) in [6.45, 7) is 9.92. The smallest absolute Gasteiger partial charge is 0.303 e. The van der Waals surface area contributed by atoms with Gasteiger partial charge < -0.3 is 10.4 Å². The van der Waals surface area contributed by atoms with Crippen LogP contribution in [0.3, 0.4) is 0 Å². The molecule has 0 spiro atoms. The van der Waals surface area contributed by atoms with Gasteiger partial charge in [0.05, 0.1) is 6.42 Å². The van der Waals surface area contributed by atoms with Crippen molar-refractivity contribution in [2.45, 2.75) is 66.3 Å². The number of amides is 1. The van der Waals surface area contributed by atoms with Gasteiger partial charge in [-0.15, -0.1) is 0 Å². The summed E-state index contributed by atoms with van der Waals surface area (Å²) in [4.78, 5) is 22.5. The van der Waals surface area contributed by atoms with Crippen molar-refractivity contribution in [3.8, 4) is 0 Å². The highest BCUT2D eigenvalue weighted by molar-refractivity contribution is 5.78. The molecular formula is C14H27NO3. The van der Waals surface area contributed by atoms with Crippen molar-refractivity contribution in [1.82, 2.24) is 5.32 Å². The Labute approximate surface area is 110 Å². The zero-order valence-corrected chi connectivity index (χ0v) is 12.2. The maximum absolute atomic E-state index is 11.8. The molecule has 4 nitrogen and oxygen atoms in total. The molecule has 0 radical (unpaired) electrons. The minimum Gasteiger partial charge on any atom is -0.481 e. The Morgan fingerprint density at radius 1 is 1.11 bits per heavy atom. The largest absolute Gasteiger partial charge is 0.481 e. The van der Waals surface area contributed by atoms with Gasteiger partial charge in [0.25, 0.3) is 0 Å². The fourth-order valence-electron chi connectivity index (χ4n) is 1.89. The molecule has 0 aromatic heterocycles. The Morgan fingerprint density at radius 3 is 2.11 bits per heavy atom. The molecule has 0 saturated heterocycles. The number of hydrogen-bond acceptors (Lipinski definition) is 2. The van der Waals surface area contributed by atoms with Gasteiger partial charge >= 0.3 is 5.97 Å². The molecule has 1 amide bonds. The highest BCUT2D eigenvalue weighted by Crippen LogP contribution is 2.24. The Kier molecular flexibility index (Phi) is 6.96. The summed E-state index contributed by atoms with van der Waals surface area (Å²) in [7, 11) is 0. The van der Waals surface area contributed by atoms with Gasteiger partial charge in [0, 0.05) is 12.5 Å². The molecule has 0 heterocycles. The van der Waals surface area contributed by atoms with Gasteiger partial charge in [0.2, 0.25) is 5.91 Å². The topological polar surface area (TPSA) is 66.4 Å². The van der Waals surface area contributed by atoms with E-state index in [2.05, 4.69) is 19.2 Å². The van der Waals surface area contributed by atoms with Crippen LogP contribution in [0.5, 0.6) is 0 Å². The second-order valence-corrected chi connectivity index (χ2v) is 6.35. The van der Waals surface area contributed by atoms with Crippen molar-refractivity contribution in [3.05, 3.63) is 0 Å². The normalized spacial score (nSPS) is 13.4. The first-order chi connectivity index (χ1) is 8.12. The minimum absolute atomic E-state index is 0.0147. The molecule has 0 aromatic rings. The lowest BCUT2D eigenvalue weighted by Crippen LogP contribution is -2.36. The van der Waals surface area contributed by atoms with Crippen molar-refractivity contribution >= 4 is 11.9 Å². The standard InChI is InChI=1S/C14H27NO3/c1-10(2)6-7-11(3)15-12(16)8-14(4,5)9-13(17)18/h10-11H,6-9H2,1-5H3,(H,15,16)(H,17,18). The third-order valence-corrected chi connectivity index (χ3v) is 2.85. The lowest BCUT2D eigenvalue weighted by Gasteiger charge is -2.23. The van der Waals surface area contributed by atoms with Crippen LogP contribution in [0.2, 0.25) is 0 Å². The van der Waals surface area contributed by atoms with Gasteiger partial charge in [-0.05, 0) is 31.1 Å². The van der Waals surface area contributed by atoms with E-state index in [9.17, 15) is 9.59 Å². The summed E-state index contributed by atoms with van der Waals surface area (Å²) in [5, 5.41) is 11.7. The van der Waals surface area contributed by atoms with E-state index in [1.165, 1.54) is 0 Å². The third-order valence-electron chi connectivity index (χ3n) is 2.85. The van der Waals surface area contributed by atoms with E-state index in [0.29, 0.717) is 5.92 Å². The van der Waals surface area contributed by atoms with Crippen molar-refractivity contribution in [3.63, 3.8) is 0 Å². The summed E-state index contributed by atoms with van der Waals surface area (Å²) in [6, 6.07) is 0.153. The molecule has 0 aliphatic heterocycles. The number of aliphatic carboxylic acids is 1. The van der Waals surface area contributed by atoms with Crippen LogP contribution in [-0.4, -0.2) is 23.0 Å². The monoisotopic (exact) mass is 257 g/mol. The number of carbonyl (C=O) groups excluding carboxylic acids is 1. The van der Waals surface area contributed by atoms with Gasteiger partial charge in [-0.3, -0.25) is 9.59 Å². The van der Waals surface area contributed by atoms with Crippen molar-refractivity contribution in [2.24, 2.45) is 11.3 Å². The molecule has 0 aliphatic rings. The zero-order chi connectivity index (χ0) is 14.3. The average Bonchev–Trinajstić information content (AvgIpc) is 2.10. The maximum atomic E-state index is 11.8. The predicted molar refractivity (Wildman–Crippen MR) is 72.3 cm³/mol. The van der Waals surface area contributed by atoms with E-state index in [1.54, 1.807) is 13.8 Å². The van der Waals surface area contributed by atoms with Crippen molar-refractivity contribution in [1.29, 1.82) is 0 Å². The van der Waals surface area contributed by atoms with Gasteiger partial charge in [0.1, 0.15) is 0 Å². The first kappa shape index (κ1) is 16.9. The van der Waals surface area contributed by atoms with E-state index < -0.39 is 11.4 Å². The van der Waals surface area contributed by atoms with Crippen LogP contribution >= 0.6 is 0 Å². The van der Waals surface area contributed by atoms with Crippen molar-refractivity contribution in [2.75, 3.05) is 0 Å². The fourth-order valence-corrected chi connectivity index (χ4v) is 1.89. The molecule has 1 atom stereocenters. The van der Waals surface area contributed by atoms with Crippen molar-refractivity contribution < 1.29 is 14.7 Å². The summed E-state index contributed by atoms with van der Waals surface area (Å²) >= 11 is 0. The molecule has 18 heavy (non-hydrogen) atoms. The van der Waals surface area contributed by atoms with E-state index >= 15 is 0 Å². The number of carboxylic acid groups (broad SMARTS) is 1. The van der Waals surface area contributed by atoms with E-state index in [1.807, 2.05) is 6.92 Å². The maximum Gasteiger partial charge on any atom is 0.303 e. The first-order valence-electron chi connectivity index (χ1n) is 6.63. The van der Waals surface area contributed by atoms with Crippen LogP contribution in [0.25, 0.3) is 0 Å². The number of carbonyl (C=O) groups is 2. The number of hydrogen-bond donors (Lipinski definition) is 2. The molecule has 4 heteroatoms. The summed E-state index contributed by atoms with van der Waals surface area (Å²) in [5.41, 5.74) is -0.492. The van der Waals surface area contributed by atoms with Gasteiger partial charge in [-0.2, -0.15) is 0 Å². The second-order valence-electron chi connectivity index (χ2n) is 6.35. The summed E-state index contributed by atoms with van der Waals surface area (Å²) in [6.07, 6.45) is 2.31. The molecule has 0 saturated carbocycles. The Hall–Kier alpha value is -1.06. The molecular weight excluding hydrogens is 230 g/mol. The van der Waals surface area contributed by atoms with E-state index in [-0.39, 0.29) is 24.8 Å². The molecule has 0 aliphatic carbocycles. The van der Waals surface area contributed by atoms with Crippen LogP contribution in [0.1, 0.15) is 60.3 Å². The molecule has 1 unspecified atom stereocenters. The van der Waals surface area contributed by atoms with Gasteiger partial charge in [0.15, 0.2) is 0 Å². The third kappa shape index (κ3) is 9.02. The summed E-state index contributed by atoms with van der Waals surface area (Å²) in [5.74, 6) is -0.286. The molecule has 2 N–H and O–H groups in total. The Bertz CT molecular complexity index is 285. The second kappa shape index (κ2) is 7.39. The Morgan fingerprint density at radius 2 is 1.67 bits per heavy atom. The predicted octanol–water partition coefficient (Wildman–Crippen LogP) is 2.82. The van der Waals surface area contributed by atoms with Crippen LogP contribution in [0, 0.1) is 11.3 Å². The number of carboxylic acids is 1. The zero-order valence-electron chi connectivity index (χ0n) is 12.2. The highest BCUT2D eigenvalue weighted by atomic mass is 16.4. The molecule has 0 rings (SSSR count). The summed E-state index contributed by atoms with van der Waals surface area (Å²) < 4.78 is 0. The Balaban J connectivity index is 4.06. The minimum atomic E-state index is -0.861. The lowest BCUT2D eigenvalue weighted by molar-refractivity contribution is -0.139. The first-order valence-corrected chi connectivity index (χ1v) is 6.63. The molecule has 0 aromatic carbocycles. The van der Waals surface area contributed by atoms with Gasteiger partial charge in [-0.1, -0.05) is 27.7 Å². The van der Waals surface area contributed by atoms with Crippen LogP contribution in [-0.2, 0) is 9.59 Å². The van der Waals surface area contributed by atoms with Crippen LogP contribution in [0.4, 0.5) is 0 Å². The number of rotatable bonds is 8. The van der Waals surface area contributed by atoms with Crippen LogP contribution in [0.15, 0.2) is 0 Å². The molecule has 0 bridgehead atoms. The van der Waals surface area contributed by atoms with E-state index in [0.717, 1.165) is 12.8 Å². The highest BCUT2D eigenvalue weighted by Gasteiger charge is 2.25. The molecule has 0 fully saturated rings. The van der Waals surface area contributed by atoms with E-state index in [4.69, 9.17) is 5.11 Å². The molecule has 106 valence electrons. The quantitative estimate of drug-likeness (QED) is 0.702. The SMILES string of the molecule is CC(C)CCC(C)NC(=O)CC(C)(C)CC(=O)O.